The van der Waals surface area contributed by atoms with Crippen LogP contribution in [-0.2, 0) is 10.0 Å². The minimum atomic E-state index is -3.98. The third kappa shape index (κ3) is 3.30. The van der Waals surface area contributed by atoms with Crippen LogP contribution < -0.4 is 0 Å². The van der Waals surface area contributed by atoms with E-state index in [1.54, 1.807) is 24.3 Å². The maximum absolute atomic E-state index is 13.6. The molecule has 2 aromatic carbocycles. The van der Waals surface area contributed by atoms with Gasteiger partial charge in [-0.25, -0.2) is 12.4 Å². The molecule has 0 bridgehead atoms. The minimum Gasteiger partial charge on any atom is -0.381 e. The van der Waals surface area contributed by atoms with Crippen LogP contribution in [0.15, 0.2) is 59.6 Å². The van der Waals surface area contributed by atoms with Crippen molar-refractivity contribution in [1.29, 1.82) is 0 Å². The van der Waals surface area contributed by atoms with Gasteiger partial charge in [-0.1, -0.05) is 35.9 Å². The van der Waals surface area contributed by atoms with Gasteiger partial charge >= 0.3 is 3.93 Å². The van der Waals surface area contributed by atoms with Crippen LogP contribution in [0.3, 0.4) is 0 Å². The maximum Gasteiger partial charge on any atom is 0.325 e. The van der Waals surface area contributed by atoms with E-state index in [0.717, 1.165) is 38.3 Å². The Kier molecular flexibility index (Phi) is 4.63. The standard InChI is InChI=1S/C17H14F2INO3S/c1-11-6-8-12(9-7-11)25(23,24)21-10-14(16(22)17(18,19)20)13-4-2-3-5-15(13)21/h2-10,16,22H,1H3. The third-order valence-electron chi connectivity index (χ3n) is 3.89. The molecule has 0 saturated heterocycles. The molecule has 0 saturated carbocycles. The summed E-state index contributed by atoms with van der Waals surface area (Å²) in [5, 5.41) is 10.2. The largest absolute Gasteiger partial charge is 0.381 e. The second-order valence-electron chi connectivity index (χ2n) is 5.66. The molecule has 0 aliphatic heterocycles. The summed E-state index contributed by atoms with van der Waals surface area (Å²) in [5.41, 5.74) is 1.00. The van der Waals surface area contributed by atoms with Gasteiger partial charge in [-0.3, -0.25) is 0 Å². The minimum absolute atomic E-state index is 0.0427. The molecule has 1 atom stereocenters. The highest BCUT2D eigenvalue weighted by molar-refractivity contribution is 14.1. The number of fused-ring (bicyclic) bond motifs is 1. The van der Waals surface area contributed by atoms with Crippen molar-refractivity contribution in [2.75, 3.05) is 0 Å². The first kappa shape index (κ1) is 18.3. The van der Waals surface area contributed by atoms with E-state index >= 15 is 0 Å². The molecular formula is C17H14F2INO3S. The second kappa shape index (κ2) is 6.33. The van der Waals surface area contributed by atoms with E-state index in [2.05, 4.69) is 0 Å². The van der Waals surface area contributed by atoms with Crippen LogP contribution in [0.1, 0.15) is 17.2 Å². The molecule has 132 valence electrons. The highest BCUT2D eigenvalue weighted by atomic mass is 127. The number of hydrogen-bond acceptors (Lipinski definition) is 3. The fraction of sp³-hybridized carbons (Fsp3) is 0.176. The smallest absolute Gasteiger partial charge is 0.325 e. The van der Waals surface area contributed by atoms with E-state index in [-0.39, 0.29) is 21.4 Å². The van der Waals surface area contributed by atoms with Crippen LogP contribution in [0.2, 0.25) is 0 Å². The van der Waals surface area contributed by atoms with E-state index in [0.29, 0.717) is 0 Å². The fourth-order valence-electron chi connectivity index (χ4n) is 2.59. The van der Waals surface area contributed by atoms with Gasteiger partial charge in [0.05, 0.1) is 10.4 Å². The summed E-state index contributed by atoms with van der Waals surface area (Å²) in [6.45, 7) is 1.83. The van der Waals surface area contributed by atoms with Crippen molar-refractivity contribution >= 4 is 43.5 Å². The number of benzene rings is 2. The number of aromatic nitrogens is 1. The van der Waals surface area contributed by atoms with Crippen molar-refractivity contribution in [2.24, 2.45) is 0 Å². The number of halogens is 3. The Bertz CT molecular complexity index is 1020. The Balaban J connectivity index is 2.25. The molecule has 0 aliphatic carbocycles. The lowest BCUT2D eigenvalue weighted by Crippen LogP contribution is -2.18. The summed E-state index contributed by atoms with van der Waals surface area (Å²) in [7, 11) is -3.98. The van der Waals surface area contributed by atoms with Crippen molar-refractivity contribution in [2.45, 2.75) is 21.9 Å². The fourth-order valence-corrected chi connectivity index (χ4v) is 4.31. The SMILES string of the molecule is Cc1ccc(S(=O)(=O)n2cc(C(O)C(F)(F)I)c3ccccc32)cc1. The quantitative estimate of drug-likeness (QED) is 0.452. The first-order chi connectivity index (χ1) is 11.6. The lowest BCUT2D eigenvalue weighted by atomic mass is 10.1. The zero-order chi connectivity index (χ0) is 18.4. The third-order valence-corrected chi connectivity index (χ3v) is 6.17. The molecule has 25 heavy (non-hydrogen) atoms. The number of hydrogen-bond donors (Lipinski definition) is 1. The van der Waals surface area contributed by atoms with Gasteiger partial charge in [0.15, 0.2) is 6.10 Å². The number of nitrogens with zero attached hydrogens (tertiary/aromatic N) is 1. The van der Waals surface area contributed by atoms with E-state index in [1.165, 1.54) is 24.3 Å². The molecule has 0 amide bonds. The highest BCUT2D eigenvalue weighted by Gasteiger charge is 2.38. The summed E-state index contributed by atoms with van der Waals surface area (Å²) in [5.74, 6) is 0. The Morgan fingerprint density at radius 2 is 1.72 bits per heavy atom. The summed E-state index contributed by atoms with van der Waals surface area (Å²) in [6, 6.07) is 12.5. The molecule has 1 unspecified atom stereocenters. The van der Waals surface area contributed by atoms with Crippen LogP contribution in [0.25, 0.3) is 10.9 Å². The molecule has 8 heteroatoms. The van der Waals surface area contributed by atoms with Gasteiger partial charge in [0.25, 0.3) is 10.0 Å². The molecule has 0 aliphatic rings. The van der Waals surface area contributed by atoms with Crippen molar-refractivity contribution in [3.05, 3.63) is 65.9 Å². The predicted molar refractivity (Wildman–Crippen MR) is 99.6 cm³/mol. The number of aliphatic hydroxyl groups excluding tert-OH is 1. The lowest BCUT2D eigenvalue weighted by Gasteiger charge is -2.15. The number of alkyl halides is 3. The van der Waals surface area contributed by atoms with Crippen molar-refractivity contribution in [1.82, 2.24) is 3.97 Å². The first-order valence-corrected chi connectivity index (χ1v) is 9.81. The highest BCUT2D eigenvalue weighted by Crippen LogP contribution is 2.41. The normalized spacial score (nSPS) is 14.0. The molecule has 4 nitrogen and oxygen atoms in total. The van der Waals surface area contributed by atoms with Crippen LogP contribution in [-0.4, -0.2) is 21.4 Å². The van der Waals surface area contributed by atoms with Gasteiger partial charge in [-0.2, -0.15) is 8.78 Å². The van der Waals surface area contributed by atoms with Gasteiger partial charge in [-0.15, -0.1) is 0 Å². The topological polar surface area (TPSA) is 59.3 Å². The van der Waals surface area contributed by atoms with Gasteiger partial charge in [0.1, 0.15) is 0 Å². The van der Waals surface area contributed by atoms with Crippen LogP contribution in [0.5, 0.6) is 0 Å². The van der Waals surface area contributed by atoms with Crippen LogP contribution in [0.4, 0.5) is 8.78 Å². The molecule has 1 N–H and O–H groups in total. The van der Waals surface area contributed by atoms with Gasteiger partial charge < -0.3 is 5.11 Å². The zero-order valence-corrected chi connectivity index (χ0v) is 16.0. The number of rotatable bonds is 4. The van der Waals surface area contributed by atoms with Gasteiger partial charge in [-0.05, 0) is 25.1 Å². The van der Waals surface area contributed by atoms with Crippen molar-refractivity contribution in [3.8, 4) is 0 Å². The second-order valence-corrected chi connectivity index (χ2v) is 8.91. The average molecular weight is 477 g/mol. The molecule has 3 rings (SSSR count). The summed E-state index contributed by atoms with van der Waals surface area (Å²) in [4.78, 5) is 0.0427. The van der Waals surface area contributed by atoms with Crippen LogP contribution >= 0.6 is 22.6 Å². The lowest BCUT2D eigenvalue weighted by molar-refractivity contribution is -0.0199. The number of para-hydroxylation sites is 1. The van der Waals surface area contributed by atoms with E-state index < -0.39 is 20.1 Å². The first-order valence-electron chi connectivity index (χ1n) is 7.29. The Hall–Kier alpha value is -1.52. The van der Waals surface area contributed by atoms with Crippen molar-refractivity contribution < 1.29 is 22.3 Å². The van der Waals surface area contributed by atoms with Crippen molar-refractivity contribution in [3.63, 3.8) is 0 Å². The van der Waals surface area contributed by atoms with Crippen LogP contribution in [0, 0.1) is 6.92 Å². The monoisotopic (exact) mass is 477 g/mol. The molecule has 1 aromatic heterocycles. The summed E-state index contributed by atoms with van der Waals surface area (Å²) < 4.78 is 50.5. The summed E-state index contributed by atoms with van der Waals surface area (Å²) in [6.07, 6.45) is -1.05. The van der Waals surface area contributed by atoms with E-state index in [9.17, 15) is 22.3 Å². The zero-order valence-electron chi connectivity index (χ0n) is 13.0. The molecular weight excluding hydrogens is 463 g/mol. The van der Waals surface area contributed by atoms with E-state index in [4.69, 9.17) is 0 Å². The molecule has 1 heterocycles. The average Bonchev–Trinajstić information content (AvgIpc) is 2.94. The maximum atomic E-state index is 13.6. The molecule has 0 fully saturated rings. The predicted octanol–water partition coefficient (Wildman–Crippen LogP) is 4.25. The Labute approximate surface area is 157 Å². The Morgan fingerprint density at radius 1 is 1.12 bits per heavy atom. The molecule has 0 radical (unpaired) electrons. The number of aryl methyl sites for hydroxylation is 1. The van der Waals surface area contributed by atoms with Gasteiger partial charge in [0, 0.05) is 39.7 Å². The Morgan fingerprint density at radius 3 is 2.32 bits per heavy atom. The van der Waals surface area contributed by atoms with E-state index in [1.807, 2.05) is 6.92 Å². The van der Waals surface area contributed by atoms with Gasteiger partial charge in [0.2, 0.25) is 0 Å². The molecule has 3 aromatic rings. The number of aliphatic hydroxyl groups is 1. The molecule has 0 spiro atoms. The summed E-state index contributed by atoms with van der Waals surface area (Å²) >= 11 is 0.842.